The summed E-state index contributed by atoms with van der Waals surface area (Å²) in [5.41, 5.74) is 2.53. The number of amides is 1. The van der Waals surface area contributed by atoms with Gasteiger partial charge < -0.3 is 5.32 Å². The molecule has 114 valence electrons. The molecule has 0 radical (unpaired) electrons. The molecule has 1 aliphatic carbocycles. The lowest BCUT2D eigenvalue weighted by Crippen LogP contribution is -2.35. The molecule has 2 aromatic heterocycles. The third kappa shape index (κ3) is 3.05. The van der Waals surface area contributed by atoms with Gasteiger partial charge in [-0.1, -0.05) is 6.07 Å². The molecular formula is C16H18N4O2. The Morgan fingerprint density at radius 2 is 2.32 bits per heavy atom. The summed E-state index contributed by atoms with van der Waals surface area (Å²) in [5.74, 6) is -0.0953. The molecular weight excluding hydrogens is 280 g/mol. The van der Waals surface area contributed by atoms with E-state index >= 15 is 0 Å². The number of carbonyl (C=O) groups excluding carboxylic acids is 1. The average molecular weight is 298 g/mol. The van der Waals surface area contributed by atoms with E-state index in [2.05, 4.69) is 15.4 Å². The molecule has 0 fully saturated rings. The van der Waals surface area contributed by atoms with Crippen LogP contribution in [0.4, 0.5) is 0 Å². The van der Waals surface area contributed by atoms with E-state index in [4.69, 9.17) is 0 Å². The molecule has 1 aliphatic rings. The molecule has 0 aromatic carbocycles. The second-order valence-electron chi connectivity index (χ2n) is 5.56. The molecule has 1 amide bonds. The van der Waals surface area contributed by atoms with Gasteiger partial charge in [-0.2, -0.15) is 5.10 Å². The van der Waals surface area contributed by atoms with Crippen molar-refractivity contribution in [3.8, 4) is 0 Å². The number of hydrogen-bond donors (Lipinski definition) is 1. The second kappa shape index (κ2) is 6.09. The topological polar surface area (TPSA) is 76.9 Å². The van der Waals surface area contributed by atoms with Crippen molar-refractivity contribution in [2.24, 2.45) is 13.0 Å². The van der Waals surface area contributed by atoms with E-state index in [1.807, 2.05) is 18.2 Å². The summed E-state index contributed by atoms with van der Waals surface area (Å²) < 4.78 is 1.35. The summed E-state index contributed by atoms with van der Waals surface area (Å²) >= 11 is 0. The highest BCUT2D eigenvalue weighted by atomic mass is 16.2. The largest absolute Gasteiger partial charge is 0.350 e. The summed E-state index contributed by atoms with van der Waals surface area (Å²) in [4.78, 5) is 28.1. The van der Waals surface area contributed by atoms with Crippen LogP contribution in [-0.2, 0) is 31.2 Å². The number of nitrogens with zero attached hydrogens (tertiary/aromatic N) is 3. The maximum absolute atomic E-state index is 12.3. The Hall–Kier alpha value is -2.50. The first-order valence-corrected chi connectivity index (χ1v) is 7.37. The smallest absolute Gasteiger partial charge is 0.266 e. The highest BCUT2D eigenvalue weighted by molar-refractivity contribution is 5.79. The maximum Gasteiger partial charge on any atom is 0.266 e. The van der Waals surface area contributed by atoms with Crippen molar-refractivity contribution in [2.75, 3.05) is 0 Å². The summed E-state index contributed by atoms with van der Waals surface area (Å²) in [6, 6.07) is 7.22. The van der Waals surface area contributed by atoms with E-state index in [0.29, 0.717) is 13.0 Å². The van der Waals surface area contributed by atoms with Crippen molar-refractivity contribution in [3.05, 3.63) is 57.8 Å². The number of pyridine rings is 1. The monoisotopic (exact) mass is 298 g/mol. The SMILES string of the molecule is Cn1nc2c(cc1=O)C[C@@H](C(=O)NCc1ccccn1)CC2. The zero-order valence-electron chi connectivity index (χ0n) is 12.5. The average Bonchev–Trinajstić information content (AvgIpc) is 2.54. The lowest BCUT2D eigenvalue weighted by Gasteiger charge is -2.23. The minimum atomic E-state index is -0.131. The molecule has 0 spiro atoms. The molecule has 2 aromatic rings. The Kier molecular flexibility index (Phi) is 4.00. The van der Waals surface area contributed by atoms with Gasteiger partial charge in [0.05, 0.1) is 17.9 Å². The van der Waals surface area contributed by atoms with Crippen LogP contribution >= 0.6 is 0 Å². The molecule has 0 aliphatic heterocycles. The molecule has 6 nitrogen and oxygen atoms in total. The number of aromatic nitrogens is 3. The predicted molar refractivity (Wildman–Crippen MR) is 81.1 cm³/mol. The standard InChI is InChI=1S/C16H18N4O2/c1-20-15(21)9-12-8-11(5-6-14(12)19-20)16(22)18-10-13-4-2-3-7-17-13/h2-4,7,9,11H,5-6,8,10H2,1H3,(H,18,22)/t11-/m0/s1. The quantitative estimate of drug-likeness (QED) is 0.900. The van der Waals surface area contributed by atoms with Gasteiger partial charge in [0, 0.05) is 25.2 Å². The van der Waals surface area contributed by atoms with Crippen LogP contribution in [0.3, 0.4) is 0 Å². The van der Waals surface area contributed by atoms with Crippen LogP contribution in [0.25, 0.3) is 0 Å². The molecule has 1 atom stereocenters. The van der Waals surface area contributed by atoms with E-state index < -0.39 is 0 Å². The van der Waals surface area contributed by atoms with Gasteiger partial charge in [0.15, 0.2) is 0 Å². The zero-order valence-corrected chi connectivity index (χ0v) is 12.5. The van der Waals surface area contributed by atoms with Crippen molar-refractivity contribution in [2.45, 2.75) is 25.8 Å². The van der Waals surface area contributed by atoms with Gasteiger partial charge >= 0.3 is 0 Å². The molecule has 2 heterocycles. The van der Waals surface area contributed by atoms with E-state index in [-0.39, 0.29) is 17.4 Å². The third-order valence-electron chi connectivity index (χ3n) is 3.99. The Morgan fingerprint density at radius 1 is 1.45 bits per heavy atom. The summed E-state index contributed by atoms with van der Waals surface area (Å²) in [6.07, 6.45) is 3.77. The van der Waals surface area contributed by atoms with Crippen molar-refractivity contribution >= 4 is 5.91 Å². The highest BCUT2D eigenvalue weighted by Gasteiger charge is 2.26. The number of aryl methyl sites for hydroxylation is 2. The molecule has 6 heteroatoms. The van der Waals surface area contributed by atoms with Crippen molar-refractivity contribution < 1.29 is 4.79 Å². The minimum absolute atomic E-state index is 0.0111. The minimum Gasteiger partial charge on any atom is -0.350 e. The number of hydrogen-bond acceptors (Lipinski definition) is 4. The normalized spacial score (nSPS) is 16.9. The fourth-order valence-electron chi connectivity index (χ4n) is 2.73. The number of nitrogens with one attached hydrogen (secondary N) is 1. The lowest BCUT2D eigenvalue weighted by atomic mass is 9.86. The maximum atomic E-state index is 12.3. The van der Waals surface area contributed by atoms with E-state index in [1.165, 1.54) is 4.68 Å². The van der Waals surface area contributed by atoms with Gasteiger partial charge in [-0.25, -0.2) is 4.68 Å². The van der Waals surface area contributed by atoms with E-state index in [0.717, 1.165) is 29.8 Å². The Balaban J connectivity index is 1.65. The van der Waals surface area contributed by atoms with Gasteiger partial charge in [-0.05, 0) is 37.0 Å². The Bertz CT molecular complexity index is 740. The van der Waals surface area contributed by atoms with Crippen LogP contribution < -0.4 is 10.9 Å². The van der Waals surface area contributed by atoms with E-state index in [9.17, 15) is 9.59 Å². The molecule has 0 unspecified atom stereocenters. The van der Waals surface area contributed by atoms with Crippen molar-refractivity contribution in [1.29, 1.82) is 0 Å². The molecule has 22 heavy (non-hydrogen) atoms. The molecule has 0 saturated heterocycles. The first kappa shape index (κ1) is 14.4. The van der Waals surface area contributed by atoms with Gasteiger partial charge in [-0.15, -0.1) is 0 Å². The van der Waals surface area contributed by atoms with Crippen LogP contribution in [0.2, 0.25) is 0 Å². The fraction of sp³-hybridized carbons (Fsp3) is 0.375. The molecule has 3 rings (SSSR count). The predicted octanol–water partition coefficient (Wildman–Crippen LogP) is 0.597. The third-order valence-corrected chi connectivity index (χ3v) is 3.99. The summed E-state index contributed by atoms with van der Waals surface area (Å²) in [6.45, 7) is 0.428. The first-order valence-electron chi connectivity index (χ1n) is 7.37. The van der Waals surface area contributed by atoms with Crippen LogP contribution in [0.5, 0.6) is 0 Å². The van der Waals surface area contributed by atoms with Crippen LogP contribution in [0.1, 0.15) is 23.4 Å². The van der Waals surface area contributed by atoms with Crippen molar-refractivity contribution in [1.82, 2.24) is 20.1 Å². The Morgan fingerprint density at radius 3 is 3.09 bits per heavy atom. The Labute approximate surface area is 128 Å². The number of fused-ring (bicyclic) bond motifs is 1. The van der Waals surface area contributed by atoms with Gasteiger partial charge in [0.2, 0.25) is 5.91 Å². The van der Waals surface area contributed by atoms with Gasteiger partial charge in [-0.3, -0.25) is 14.6 Å². The molecule has 0 bridgehead atoms. The number of rotatable bonds is 3. The molecule has 0 saturated carbocycles. The van der Waals surface area contributed by atoms with Crippen molar-refractivity contribution in [3.63, 3.8) is 0 Å². The van der Waals surface area contributed by atoms with Crippen LogP contribution in [0.15, 0.2) is 35.3 Å². The molecule has 1 N–H and O–H groups in total. The van der Waals surface area contributed by atoms with Gasteiger partial charge in [0.1, 0.15) is 0 Å². The first-order chi connectivity index (χ1) is 10.6. The number of carbonyl (C=O) groups is 1. The fourth-order valence-corrected chi connectivity index (χ4v) is 2.73. The second-order valence-corrected chi connectivity index (χ2v) is 5.56. The zero-order chi connectivity index (χ0) is 15.5. The van der Waals surface area contributed by atoms with Crippen LogP contribution in [0, 0.1) is 5.92 Å². The van der Waals surface area contributed by atoms with E-state index in [1.54, 1.807) is 19.3 Å². The van der Waals surface area contributed by atoms with Gasteiger partial charge in [0.25, 0.3) is 5.56 Å². The van der Waals surface area contributed by atoms with Crippen LogP contribution in [-0.4, -0.2) is 20.7 Å². The highest BCUT2D eigenvalue weighted by Crippen LogP contribution is 2.23. The lowest BCUT2D eigenvalue weighted by molar-refractivity contribution is -0.125. The summed E-state index contributed by atoms with van der Waals surface area (Å²) in [7, 11) is 1.65. The summed E-state index contributed by atoms with van der Waals surface area (Å²) in [5, 5.41) is 7.18.